The van der Waals surface area contributed by atoms with Crippen LogP contribution in [-0.4, -0.2) is 16.0 Å². The van der Waals surface area contributed by atoms with Gasteiger partial charge in [0.1, 0.15) is 5.52 Å². The highest BCUT2D eigenvalue weighted by Gasteiger charge is 2.10. The number of carbonyl (C=O) groups excluding carboxylic acids is 1. The Morgan fingerprint density at radius 1 is 1.06 bits per heavy atom. The largest absolute Gasteiger partial charge is 0.440 e. The molecule has 3 aromatic carbocycles. The first-order chi connectivity index (χ1) is 14.9. The molecule has 0 fully saturated rings. The first kappa shape index (κ1) is 21.2. The van der Waals surface area contributed by atoms with Crippen LogP contribution >= 0.6 is 28.1 Å². The number of nitrogens with one attached hydrogen (secondary N) is 2. The van der Waals surface area contributed by atoms with Crippen LogP contribution in [0.25, 0.3) is 11.1 Å². The third-order valence-electron chi connectivity index (χ3n) is 4.93. The topological polar surface area (TPSA) is 67.2 Å². The number of nitrogens with zero attached hydrogens (tertiary/aromatic N) is 1. The van der Waals surface area contributed by atoms with Gasteiger partial charge in [-0.2, -0.15) is 0 Å². The molecule has 7 heteroatoms. The van der Waals surface area contributed by atoms with Crippen molar-refractivity contribution < 1.29 is 9.21 Å². The van der Waals surface area contributed by atoms with Crippen molar-refractivity contribution in [2.24, 2.45) is 0 Å². The van der Waals surface area contributed by atoms with Gasteiger partial charge in [-0.15, -0.1) is 0 Å². The fraction of sp³-hybridized carbons (Fsp3) is 0.125. The van der Waals surface area contributed by atoms with Gasteiger partial charge in [-0.3, -0.25) is 10.1 Å². The lowest BCUT2D eigenvalue weighted by molar-refractivity contribution is 0.0977. The van der Waals surface area contributed by atoms with E-state index in [1.165, 1.54) is 11.1 Å². The fourth-order valence-electron chi connectivity index (χ4n) is 3.15. The summed E-state index contributed by atoms with van der Waals surface area (Å²) in [5, 5.41) is 5.96. The molecule has 5 nitrogen and oxygen atoms in total. The van der Waals surface area contributed by atoms with E-state index in [2.05, 4.69) is 45.4 Å². The van der Waals surface area contributed by atoms with E-state index in [1.54, 1.807) is 18.2 Å². The zero-order valence-electron chi connectivity index (χ0n) is 17.0. The van der Waals surface area contributed by atoms with Gasteiger partial charge in [-0.25, -0.2) is 4.98 Å². The molecule has 0 aliphatic heterocycles. The van der Waals surface area contributed by atoms with Crippen molar-refractivity contribution in [2.45, 2.75) is 20.3 Å². The summed E-state index contributed by atoms with van der Waals surface area (Å²) in [6, 6.07) is 19.0. The second-order valence-corrected chi connectivity index (χ2v) is 8.63. The van der Waals surface area contributed by atoms with Gasteiger partial charge in [-0.05, 0) is 85.2 Å². The lowest BCUT2D eigenvalue weighted by atomic mass is 10.1. The molecule has 1 heterocycles. The van der Waals surface area contributed by atoms with Crippen LogP contribution in [0, 0.1) is 13.8 Å². The maximum Gasteiger partial charge on any atom is 0.257 e. The summed E-state index contributed by atoms with van der Waals surface area (Å²) < 4.78 is 6.73. The average molecular weight is 494 g/mol. The van der Waals surface area contributed by atoms with Crippen LogP contribution in [0.1, 0.15) is 32.9 Å². The number of thiocarbonyl (C=S) groups is 1. The number of hydrogen-bond acceptors (Lipinski definition) is 4. The number of fused-ring (bicyclic) bond motifs is 1. The number of oxazole rings is 1. The molecule has 0 saturated carbocycles. The van der Waals surface area contributed by atoms with E-state index in [9.17, 15) is 4.79 Å². The minimum atomic E-state index is -0.267. The van der Waals surface area contributed by atoms with E-state index in [1.807, 2.05) is 42.5 Å². The fourth-order valence-corrected chi connectivity index (χ4v) is 3.76. The Balaban J connectivity index is 1.38. The van der Waals surface area contributed by atoms with Crippen molar-refractivity contribution in [3.05, 3.63) is 93.3 Å². The monoisotopic (exact) mass is 493 g/mol. The summed E-state index contributed by atoms with van der Waals surface area (Å²) >= 11 is 8.62. The highest BCUT2D eigenvalue weighted by atomic mass is 79.9. The molecule has 0 aliphatic carbocycles. The molecule has 0 spiro atoms. The predicted molar refractivity (Wildman–Crippen MR) is 131 cm³/mol. The molecule has 31 heavy (non-hydrogen) atoms. The van der Waals surface area contributed by atoms with Crippen molar-refractivity contribution in [2.75, 3.05) is 5.32 Å². The second-order valence-electron chi connectivity index (χ2n) is 7.30. The number of amides is 1. The van der Waals surface area contributed by atoms with Gasteiger partial charge >= 0.3 is 0 Å². The van der Waals surface area contributed by atoms with E-state index in [-0.39, 0.29) is 11.0 Å². The highest BCUT2D eigenvalue weighted by molar-refractivity contribution is 9.10. The Bertz CT molecular complexity index is 1240. The van der Waals surface area contributed by atoms with Gasteiger partial charge < -0.3 is 9.73 Å². The Morgan fingerprint density at radius 3 is 2.55 bits per heavy atom. The van der Waals surface area contributed by atoms with Gasteiger partial charge in [0.05, 0.1) is 0 Å². The summed E-state index contributed by atoms with van der Waals surface area (Å²) in [6.07, 6.45) is 0.594. The number of aryl methyl sites for hydroxylation is 2. The second kappa shape index (κ2) is 8.99. The van der Waals surface area contributed by atoms with Crippen LogP contribution in [0.5, 0.6) is 0 Å². The number of aromatic nitrogens is 1. The first-order valence-corrected chi connectivity index (χ1v) is 10.9. The number of anilines is 1. The molecule has 0 radical (unpaired) electrons. The molecule has 0 unspecified atom stereocenters. The quantitative estimate of drug-likeness (QED) is 0.345. The molecule has 0 aliphatic rings. The summed E-state index contributed by atoms with van der Waals surface area (Å²) in [5.41, 5.74) is 6.45. The summed E-state index contributed by atoms with van der Waals surface area (Å²) in [5.74, 6) is 0.411. The maximum absolute atomic E-state index is 12.3. The van der Waals surface area contributed by atoms with E-state index in [0.29, 0.717) is 17.9 Å². The third-order valence-corrected chi connectivity index (χ3v) is 5.63. The van der Waals surface area contributed by atoms with Gasteiger partial charge in [0, 0.05) is 22.1 Å². The molecule has 0 saturated heterocycles. The Morgan fingerprint density at radius 2 is 1.81 bits per heavy atom. The van der Waals surface area contributed by atoms with Crippen molar-refractivity contribution >= 4 is 56.0 Å². The minimum Gasteiger partial charge on any atom is -0.440 e. The predicted octanol–water partition coefficient (Wildman–Crippen LogP) is 5.92. The summed E-state index contributed by atoms with van der Waals surface area (Å²) in [7, 11) is 0. The summed E-state index contributed by atoms with van der Waals surface area (Å²) in [4.78, 5) is 16.9. The molecule has 4 aromatic rings. The normalized spacial score (nSPS) is 10.8. The Labute approximate surface area is 194 Å². The highest BCUT2D eigenvalue weighted by Crippen LogP contribution is 2.22. The molecule has 156 valence electrons. The first-order valence-electron chi connectivity index (χ1n) is 9.71. The van der Waals surface area contributed by atoms with Crippen molar-refractivity contribution in [1.29, 1.82) is 0 Å². The van der Waals surface area contributed by atoms with Crippen LogP contribution in [0.15, 0.2) is 69.6 Å². The SMILES string of the molecule is Cc1cc2nc(Cc3ccc(NC(=S)NC(=O)c4cccc(Br)c4)cc3)oc2cc1C. The number of halogens is 1. The third kappa shape index (κ3) is 5.18. The average Bonchev–Trinajstić information content (AvgIpc) is 3.10. The van der Waals surface area contributed by atoms with E-state index in [4.69, 9.17) is 16.6 Å². The molecular weight excluding hydrogens is 474 g/mol. The molecule has 0 atom stereocenters. The number of carbonyl (C=O) groups is 1. The zero-order chi connectivity index (χ0) is 22.0. The molecule has 2 N–H and O–H groups in total. The van der Waals surface area contributed by atoms with E-state index >= 15 is 0 Å². The van der Waals surface area contributed by atoms with Crippen LogP contribution < -0.4 is 10.6 Å². The molecular formula is C24H20BrN3O2S. The number of hydrogen-bond donors (Lipinski definition) is 2. The molecule has 0 bridgehead atoms. The van der Waals surface area contributed by atoms with Gasteiger partial charge in [-0.1, -0.05) is 34.1 Å². The lowest BCUT2D eigenvalue weighted by Crippen LogP contribution is -2.34. The van der Waals surface area contributed by atoms with Gasteiger partial charge in [0.15, 0.2) is 16.6 Å². The molecule has 1 amide bonds. The van der Waals surface area contributed by atoms with Crippen LogP contribution in [0.4, 0.5) is 5.69 Å². The smallest absolute Gasteiger partial charge is 0.257 e. The summed E-state index contributed by atoms with van der Waals surface area (Å²) in [6.45, 7) is 4.13. The van der Waals surface area contributed by atoms with Crippen LogP contribution in [-0.2, 0) is 6.42 Å². The molecule has 4 rings (SSSR count). The van der Waals surface area contributed by atoms with E-state index in [0.717, 1.165) is 26.8 Å². The lowest BCUT2D eigenvalue weighted by Gasteiger charge is -2.10. The Kier molecular flexibility index (Phi) is 6.15. The van der Waals surface area contributed by atoms with E-state index < -0.39 is 0 Å². The maximum atomic E-state index is 12.3. The minimum absolute atomic E-state index is 0.238. The zero-order valence-corrected chi connectivity index (χ0v) is 19.4. The van der Waals surface area contributed by atoms with Crippen molar-refractivity contribution in [3.63, 3.8) is 0 Å². The van der Waals surface area contributed by atoms with Crippen LogP contribution in [0.2, 0.25) is 0 Å². The number of rotatable bonds is 4. The molecule has 1 aromatic heterocycles. The van der Waals surface area contributed by atoms with Crippen LogP contribution in [0.3, 0.4) is 0 Å². The van der Waals surface area contributed by atoms with Gasteiger partial charge in [0.25, 0.3) is 5.91 Å². The standard InChI is InChI=1S/C24H20BrN3O2S/c1-14-10-20-21(11-15(14)2)30-22(27-20)12-16-6-8-19(9-7-16)26-24(31)28-23(29)17-4-3-5-18(25)13-17/h3-11,13H,12H2,1-2H3,(H2,26,28,29,31). The van der Waals surface area contributed by atoms with Crippen molar-refractivity contribution in [1.82, 2.24) is 10.3 Å². The van der Waals surface area contributed by atoms with Gasteiger partial charge in [0.2, 0.25) is 0 Å². The van der Waals surface area contributed by atoms with Crippen molar-refractivity contribution in [3.8, 4) is 0 Å². The number of benzene rings is 3. The Hall–Kier alpha value is -3.03.